The van der Waals surface area contributed by atoms with Gasteiger partial charge in [-0.1, -0.05) is 6.92 Å². The summed E-state index contributed by atoms with van der Waals surface area (Å²) in [6, 6.07) is 0.645. The van der Waals surface area contributed by atoms with Crippen LogP contribution in [0.25, 0.3) is 0 Å². The van der Waals surface area contributed by atoms with E-state index in [-0.39, 0.29) is 12.1 Å². The highest BCUT2D eigenvalue weighted by molar-refractivity contribution is 5.67. The van der Waals surface area contributed by atoms with Crippen LogP contribution >= 0.6 is 0 Å². The molecule has 112 valence electrons. The molecule has 1 saturated carbocycles. The minimum Gasteiger partial charge on any atom is -0.444 e. The Morgan fingerprint density at radius 1 is 1.42 bits per heavy atom. The second-order valence-corrected chi connectivity index (χ2v) is 6.60. The first-order valence-corrected chi connectivity index (χ1v) is 7.23. The molecule has 3 atom stereocenters. The SMILES string of the molecule is CC1CCC(NC(CN)CNC(=O)OC(C)(C)C)C1. The maximum atomic E-state index is 11.6. The average molecular weight is 271 g/mol. The van der Waals surface area contributed by atoms with Gasteiger partial charge in [-0.25, -0.2) is 4.79 Å². The molecular formula is C14H29N3O2. The van der Waals surface area contributed by atoms with Crippen molar-refractivity contribution < 1.29 is 9.53 Å². The van der Waals surface area contributed by atoms with Gasteiger partial charge in [0, 0.05) is 25.2 Å². The zero-order valence-corrected chi connectivity index (χ0v) is 12.7. The van der Waals surface area contributed by atoms with Crippen LogP contribution in [-0.4, -0.2) is 36.9 Å². The molecular weight excluding hydrogens is 242 g/mol. The first-order valence-electron chi connectivity index (χ1n) is 7.23. The third-order valence-electron chi connectivity index (χ3n) is 3.34. The molecule has 0 aliphatic heterocycles. The summed E-state index contributed by atoms with van der Waals surface area (Å²) in [5, 5.41) is 6.29. The van der Waals surface area contributed by atoms with Crippen molar-refractivity contribution in [2.75, 3.05) is 13.1 Å². The van der Waals surface area contributed by atoms with Gasteiger partial charge in [0.15, 0.2) is 0 Å². The van der Waals surface area contributed by atoms with E-state index in [1.54, 1.807) is 0 Å². The molecule has 1 fully saturated rings. The van der Waals surface area contributed by atoms with Crippen molar-refractivity contribution >= 4 is 6.09 Å². The van der Waals surface area contributed by atoms with Gasteiger partial charge < -0.3 is 21.1 Å². The molecule has 0 heterocycles. The van der Waals surface area contributed by atoms with E-state index in [0.29, 0.717) is 19.1 Å². The molecule has 0 aromatic heterocycles. The lowest BCUT2D eigenvalue weighted by Gasteiger charge is -2.24. The van der Waals surface area contributed by atoms with Gasteiger partial charge in [-0.3, -0.25) is 0 Å². The van der Waals surface area contributed by atoms with Crippen molar-refractivity contribution in [1.82, 2.24) is 10.6 Å². The Hall–Kier alpha value is -0.810. The van der Waals surface area contributed by atoms with Gasteiger partial charge >= 0.3 is 6.09 Å². The Kier molecular flexibility index (Phi) is 6.07. The topological polar surface area (TPSA) is 76.4 Å². The summed E-state index contributed by atoms with van der Waals surface area (Å²) in [5.74, 6) is 0.787. The summed E-state index contributed by atoms with van der Waals surface area (Å²) in [4.78, 5) is 11.6. The molecule has 1 aliphatic carbocycles. The third kappa shape index (κ3) is 6.78. The van der Waals surface area contributed by atoms with Gasteiger partial charge in [0.05, 0.1) is 0 Å². The lowest BCUT2D eigenvalue weighted by atomic mass is 10.1. The molecule has 0 saturated heterocycles. The summed E-state index contributed by atoms with van der Waals surface area (Å²) < 4.78 is 5.20. The number of hydrogen-bond donors (Lipinski definition) is 3. The monoisotopic (exact) mass is 271 g/mol. The Bertz CT molecular complexity index is 289. The van der Waals surface area contributed by atoms with E-state index in [4.69, 9.17) is 10.5 Å². The van der Waals surface area contributed by atoms with Gasteiger partial charge in [-0.05, 0) is 46.0 Å². The quantitative estimate of drug-likeness (QED) is 0.710. The second kappa shape index (κ2) is 7.10. The number of ether oxygens (including phenoxy) is 1. The van der Waals surface area contributed by atoms with E-state index < -0.39 is 5.60 Å². The molecule has 1 aliphatic rings. The Labute approximate surface area is 116 Å². The van der Waals surface area contributed by atoms with Crippen LogP contribution in [0.4, 0.5) is 4.79 Å². The van der Waals surface area contributed by atoms with Crippen LogP contribution in [0.2, 0.25) is 0 Å². The molecule has 0 aromatic carbocycles. The minimum atomic E-state index is -0.462. The van der Waals surface area contributed by atoms with Gasteiger partial charge in [0.2, 0.25) is 0 Å². The van der Waals surface area contributed by atoms with E-state index in [2.05, 4.69) is 17.6 Å². The number of amides is 1. The largest absolute Gasteiger partial charge is 0.444 e. The van der Waals surface area contributed by atoms with Crippen molar-refractivity contribution in [3.8, 4) is 0 Å². The number of carbonyl (C=O) groups is 1. The lowest BCUT2D eigenvalue weighted by molar-refractivity contribution is 0.0522. The summed E-state index contributed by atoms with van der Waals surface area (Å²) in [6.45, 7) is 8.86. The minimum absolute atomic E-state index is 0.114. The predicted octanol–water partition coefficient (Wildman–Crippen LogP) is 1.62. The maximum Gasteiger partial charge on any atom is 0.407 e. The highest BCUT2D eigenvalue weighted by Crippen LogP contribution is 2.24. The molecule has 4 N–H and O–H groups in total. The van der Waals surface area contributed by atoms with Crippen LogP contribution in [0.3, 0.4) is 0 Å². The average Bonchev–Trinajstić information content (AvgIpc) is 2.67. The zero-order valence-electron chi connectivity index (χ0n) is 12.7. The van der Waals surface area contributed by atoms with Gasteiger partial charge in [-0.15, -0.1) is 0 Å². The predicted molar refractivity (Wildman–Crippen MR) is 77.0 cm³/mol. The Morgan fingerprint density at radius 3 is 2.58 bits per heavy atom. The van der Waals surface area contributed by atoms with Crippen LogP contribution in [-0.2, 0) is 4.74 Å². The third-order valence-corrected chi connectivity index (χ3v) is 3.34. The fourth-order valence-electron chi connectivity index (χ4n) is 2.42. The number of alkyl carbamates (subject to hydrolysis) is 1. The molecule has 0 radical (unpaired) electrons. The van der Waals surface area contributed by atoms with E-state index >= 15 is 0 Å². The van der Waals surface area contributed by atoms with E-state index in [9.17, 15) is 4.79 Å². The molecule has 1 amide bonds. The van der Waals surface area contributed by atoms with Gasteiger partial charge in [-0.2, -0.15) is 0 Å². The molecule has 0 spiro atoms. The highest BCUT2D eigenvalue weighted by Gasteiger charge is 2.24. The highest BCUT2D eigenvalue weighted by atomic mass is 16.6. The number of nitrogens with two attached hydrogens (primary N) is 1. The Morgan fingerprint density at radius 2 is 2.11 bits per heavy atom. The van der Waals surface area contributed by atoms with E-state index in [1.165, 1.54) is 19.3 Å². The second-order valence-electron chi connectivity index (χ2n) is 6.60. The molecule has 5 nitrogen and oxygen atoms in total. The van der Waals surface area contributed by atoms with Crippen LogP contribution in [0.15, 0.2) is 0 Å². The number of nitrogens with one attached hydrogen (secondary N) is 2. The van der Waals surface area contributed by atoms with Gasteiger partial charge in [0.25, 0.3) is 0 Å². The van der Waals surface area contributed by atoms with E-state index in [1.807, 2.05) is 20.8 Å². The lowest BCUT2D eigenvalue weighted by Crippen LogP contribution is -2.49. The fourth-order valence-corrected chi connectivity index (χ4v) is 2.42. The molecule has 0 bridgehead atoms. The standard InChI is InChI=1S/C14H29N3O2/c1-10-5-6-11(7-10)17-12(8-15)9-16-13(18)19-14(2,3)4/h10-12,17H,5-9,15H2,1-4H3,(H,16,18). The van der Waals surface area contributed by atoms with Crippen LogP contribution in [0, 0.1) is 5.92 Å². The summed E-state index contributed by atoms with van der Waals surface area (Å²) in [5.41, 5.74) is 5.28. The van der Waals surface area contributed by atoms with Crippen molar-refractivity contribution in [2.24, 2.45) is 11.7 Å². The van der Waals surface area contributed by atoms with Crippen molar-refractivity contribution in [2.45, 2.75) is 64.6 Å². The van der Waals surface area contributed by atoms with Crippen LogP contribution < -0.4 is 16.4 Å². The number of rotatable bonds is 5. The van der Waals surface area contributed by atoms with E-state index in [0.717, 1.165) is 5.92 Å². The maximum absolute atomic E-state index is 11.6. The smallest absolute Gasteiger partial charge is 0.407 e. The summed E-state index contributed by atoms with van der Waals surface area (Å²) >= 11 is 0. The number of carbonyl (C=O) groups excluding carboxylic acids is 1. The Balaban J connectivity index is 2.26. The summed E-state index contributed by atoms with van der Waals surface area (Å²) in [7, 11) is 0. The molecule has 1 rings (SSSR count). The molecule has 5 heteroatoms. The fraction of sp³-hybridized carbons (Fsp3) is 0.929. The molecule has 3 unspecified atom stereocenters. The molecule has 0 aromatic rings. The van der Waals surface area contributed by atoms with Crippen molar-refractivity contribution in [3.63, 3.8) is 0 Å². The normalized spacial score (nSPS) is 25.1. The van der Waals surface area contributed by atoms with Crippen LogP contribution in [0.5, 0.6) is 0 Å². The first-order chi connectivity index (χ1) is 8.80. The van der Waals surface area contributed by atoms with Crippen LogP contribution in [0.1, 0.15) is 47.0 Å². The first kappa shape index (κ1) is 16.2. The van der Waals surface area contributed by atoms with Gasteiger partial charge in [0.1, 0.15) is 5.60 Å². The van der Waals surface area contributed by atoms with Crippen molar-refractivity contribution in [1.29, 1.82) is 0 Å². The number of hydrogen-bond acceptors (Lipinski definition) is 4. The molecule has 19 heavy (non-hydrogen) atoms. The zero-order chi connectivity index (χ0) is 14.5. The van der Waals surface area contributed by atoms with Crippen molar-refractivity contribution in [3.05, 3.63) is 0 Å². The summed E-state index contributed by atoms with van der Waals surface area (Å²) in [6.07, 6.45) is 3.29.